The number of hydrogen-bond acceptors (Lipinski definition) is 3. The summed E-state index contributed by atoms with van der Waals surface area (Å²) in [5, 5.41) is 12.8. The molecule has 2 fully saturated rings. The Morgan fingerprint density at radius 1 is 1.14 bits per heavy atom. The minimum absolute atomic E-state index is 0. The van der Waals surface area contributed by atoms with Crippen molar-refractivity contribution in [2.45, 2.75) is 31.7 Å². The Bertz CT molecular complexity index is 463. The maximum Gasteiger partial charge on any atom is 0.165 e. The fraction of sp³-hybridized carbons (Fsp3) is 0.625. The summed E-state index contributed by atoms with van der Waals surface area (Å²) in [4.78, 5) is 2.48. The molecule has 1 aliphatic carbocycles. The minimum atomic E-state index is -0.499. The molecule has 126 valence electrons. The first-order valence-corrected chi connectivity index (χ1v) is 7.69. The molecule has 3 nitrogen and oxygen atoms in total. The minimum Gasteiger partial charge on any atom is -0.505 e. The van der Waals surface area contributed by atoms with Crippen LogP contribution in [0.5, 0.6) is 5.75 Å². The molecule has 1 saturated carbocycles. The smallest absolute Gasteiger partial charge is 0.165 e. The normalized spacial score (nSPS) is 21.0. The van der Waals surface area contributed by atoms with Crippen LogP contribution in [0.15, 0.2) is 18.2 Å². The van der Waals surface area contributed by atoms with Crippen molar-refractivity contribution >= 4 is 24.8 Å². The molecule has 2 aliphatic rings. The number of halogens is 3. The van der Waals surface area contributed by atoms with Gasteiger partial charge in [-0.25, -0.2) is 4.39 Å². The summed E-state index contributed by atoms with van der Waals surface area (Å²) < 4.78 is 13.7. The maximum atomic E-state index is 13.7. The van der Waals surface area contributed by atoms with Crippen LogP contribution in [0.3, 0.4) is 0 Å². The number of aromatic hydroxyl groups is 1. The highest BCUT2D eigenvalue weighted by Crippen LogP contribution is 2.40. The molecule has 1 atom stereocenters. The second kappa shape index (κ2) is 8.92. The highest BCUT2D eigenvalue weighted by Gasteiger charge is 2.32. The predicted octanol–water partition coefficient (Wildman–Crippen LogP) is 3.51. The highest BCUT2D eigenvalue weighted by atomic mass is 35.5. The van der Waals surface area contributed by atoms with Crippen molar-refractivity contribution in [2.75, 3.05) is 26.2 Å². The fourth-order valence-corrected chi connectivity index (χ4v) is 3.72. The number of phenols is 1. The van der Waals surface area contributed by atoms with Crippen molar-refractivity contribution in [3.63, 3.8) is 0 Å². The van der Waals surface area contributed by atoms with E-state index in [9.17, 15) is 9.50 Å². The van der Waals surface area contributed by atoms with Gasteiger partial charge in [0.1, 0.15) is 0 Å². The Kier molecular flexibility index (Phi) is 7.90. The Morgan fingerprint density at radius 3 is 2.36 bits per heavy atom. The monoisotopic (exact) mass is 350 g/mol. The summed E-state index contributed by atoms with van der Waals surface area (Å²) in [5.41, 5.74) is 1.02. The van der Waals surface area contributed by atoms with Gasteiger partial charge in [-0.3, -0.25) is 4.90 Å². The Morgan fingerprint density at radius 2 is 1.77 bits per heavy atom. The van der Waals surface area contributed by atoms with E-state index in [4.69, 9.17) is 0 Å². The third-order valence-corrected chi connectivity index (χ3v) is 4.70. The molecule has 0 unspecified atom stereocenters. The van der Waals surface area contributed by atoms with E-state index in [0.29, 0.717) is 12.0 Å². The van der Waals surface area contributed by atoms with Gasteiger partial charge in [0.15, 0.2) is 11.6 Å². The van der Waals surface area contributed by atoms with E-state index < -0.39 is 5.82 Å². The Labute approximate surface area is 144 Å². The van der Waals surface area contributed by atoms with Gasteiger partial charge in [0.25, 0.3) is 0 Å². The summed E-state index contributed by atoms with van der Waals surface area (Å²) in [6.07, 6.45) is 5.04. The molecule has 0 radical (unpaired) electrons. The quantitative estimate of drug-likeness (QED) is 0.875. The van der Waals surface area contributed by atoms with Crippen LogP contribution in [0.2, 0.25) is 0 Å². The van der Waals surface area contributed by atoms with Gasteiger partial charge in [-0.1, -0.05) is 18.9 Å². The van der Waals surface area contributed by atoms with E-state index in [0.717, 1.165) is 31.7 Å². The van der Waals surface area contributed by atoms with E-state index in [1.54, 1.807) is 0 Å². The number of nitrogens with zero attached hydrogens (tertiary/aromatic N) is 1. The predicted molar refractivity (Wildman–Crippen MR) is 91.7 cm³/mol. The molecular formula is C16H25Cl2FN2O. The van der Waals surface area contributed by atoms with Crippen molar-refractivity contribution in [1.29, 1.82) is 0 Å². The van der Waals surface area contributed by atoms with E-state index in [1.807, 2.05) is 6.07 Å². The molecule has 6 heteroatoms. The van der Waals surface area contributed by atoms with Crippen LogP contribution in [0.1, 0.15) is 37.3 Å². The average molecular weight is 351 g/mol. The first-order chi connectivity index (χ1) is 9.75. The third kappa shape index (κ3) is 4.25. The molecule has 0 aromatic heterocycles. The maximum absolute atomic E-state index is 13.7. The molecule has 1 saturated heterocycles. The standard InChI is InChI=1S/C16H23FN2O.2ClH/c17-14-11-13(5-6-15(14)20)16(12-3-1-2-4-12)19-9-7-18-8-10-19;;/h5-6,11-12,16,18,20H,1-4,7-10H2;2*1H/t16-;;/m0../s1. The molecular weight excluding hydrogens is 326 g/mol. The van der Waals surface area contributed by atoms with Gasteiger partial charge >= 0.3 is 0 Å². The van der Waals surface area contributed by atoms with E-state index in [-0.39, 0.29) is 30.6 Å². The average Bonchev–Trinajstić information content (AvgIpc) is 2.98. The van der Waals surface area contributed by atoms with Gasteiger partial charge in [-0.2, -0.15) is 0 Å². The lowest BCUT2D eigenvalue weighted by Crippen LogP contribution is -2.46. The summed E-state index contributed by atoms with van der Waals surface area (Å²) in [6.45, 7) is 4.04. The van der Waals surface area contributed by atoms with Crippen molar-refractivity contribution in [1.82, 2.24) is 10.2 Å². The van der Waals surface area contributed by atoms with Crippen LogP contribution in [-0.2, 0) is 0 Å². The second-order valence-corrected chi connectivity index (χ2v) is 5.99. The van der Waals surface area contributed by atoms with Crippen LogP contribution < -0.4 is 5.32 Å². The van der Waals surface area contributed by atoms with Crippen LogP contribution in [0, 0.1) is 11.7 Å². The van der Waals surface area contributed by atoms with Gasteiger partial charge in [-0.15, -0.1) is 24.8 Å². The Hall–Kier alpha value is -0.550. The molecule has 0 spiro atoms. The van der Waals surface area contributed by atoms with Gasteiger partial charge in [0, 0.05) is 32.2 Å². The van der Waals surface area contributed by atoms with Gasteiger partial charge in [-0.05, 0) is 36.5 Å². The van der Waals surface area contributed by atoms with Crippen molar-refractivity contribution in [3.8, 4) is 5.75 Å². The van der Waals surface area contributed by atoms with E-state index >= 15 is 0 Å². The number of phenolic OH excluding ortho intramolecular Hbond substituents is 1. The summed E-state index contributed by atoms with van der Waals surface area (Å²) in [5.74, 6) is -0.128. The molecule has 1 heterocycles. The van der Waals surface area contributed by atoms with Gasteiger partial charge in [0.2, 0.25) is 0 Å². The first kappa shape index (κ1) is 19.5. The molecule has 0 amide bonds. The topological polar surface area (TPSA) is 35.5 Å². The lowest BCUT2D eigenvalue weighted by Gasteiger charge is -2.38. The largest absolute Gasteiger partial charge is 0.505 e. The number of nitrogens with one attached hydrogen (secondary N) is 1. The Balaban J connectivity index is 0.00000121. The van der Waals surface area contributed by atoms with Crippen molar-refractivity contribution in [3.05, 3.63) is 29.6 Å². The zero-order valence-electron chi connectivity index (χ0n) is 12.6. The number of piperazine rings is 1. The van der Waals surface area contributed by atoms with E-state index in [1.165, 1.54) is 37.8 Å². The van der Waals surface area contributed by atoms with Crippen molar-refractivity contribution < 1.29 is 9.50 Å². The molecule has 3 rings (SSSR count). The fourth-order valence-electron chi connectivity index (χ4n) is 3.72. The number of rotatable bonds is 3. The molecule has 22 heavy (non-hydrogen) atoms. The lowest BCUT2D eigenvalue weighted by atomic mass is 9.89. The lowest BCUT2D eigenvalue weighted by molar-refractivity contribution is 0.125. The van der Waals surface area contributed by atoms with Gasteiger partial charge in [0.05, 0.1) is 0 Å². The van der Waals surface area contributed by atoms with E-state index in [2.05, 4.69) is 10.2 Å². The highest BCUT2D eigenvalue weighted by molar-refractivity contribution is 5.85. The molecule has 1 aliphatic heterocycles. The summed E-state index contributed by atoms with van der Waals surface area (Å²) in [6, 6.07) is 5.22. The van der Waals surface area contributed by atoms with Crippen LogP contribution in [0.4, 0.5) is 4.39 Å². The van der Waals surface area contributed by atoms with Crippen molar-refractivity contribution in [2.24, 2.45) is 5.92 Å². The number of hydrogen-bond donors (Lipinski definition) is 2. The van der Waals surface area contributed by atoms with Crippen LogP contribution in [0.25, 0.3) is 0 Å². The zero-order chi connectivity index (χ0) is 13.9. The molecule has 0 bridgehead atoms. The molecule has 2 N–H and O–H groups in total. The first-order valence-electron chi connectivity index (χ1n) is 7.69. The zero-order valence-corrected chi connectivity index (χ0v) is 14.3. The second-order valence-electron chi connectivity index (χ2n) is 5.99. The summed E-state index contributed by atoms with van der Waals surface area (Å²) >= 11 is 0. The van der Waals surface area contributed by atoms with Crippen LogP contribution >= 0.6 is 24.8 Å². The van der Waals surface area contributed by atoms with Gasteiger partial charge < -0.3 is 10.4 Å². The summed E-state index contributed by atoms with van der Waals surface area (Å²) in [7, 11) is 0. The third-order valence-electron chi connectivity index (χ3n) is 4.70. The van der Waals surface area contributed by atoms with Crippen LogP contribution in [-0.4, -0.2) is 36.2 Å². The molecule has 1 aromatic carbocycles. The SMILES string of the molecule is Cl.Cl.Oc1ccc([C@H](C2CCCC2)N2CCNCC2)cc1F. The number of benzene rings is 1. The molecule has 1 aromatic rings.